The molecule has 1 unspecified atom stereocenters. The van der Waals surface area contributed by atoms with Crippen LogP contribution in [0.5, 0.6) is 11.5 Å². The summed E-state index contributed by atoms with van der Waals surface area (Å²) in [4.78, 5) is 4.07. The summed E-state index contributed by atoms with van der Waals surface area (Å²) in [5.41, 5.74) is 1.74. The van der Waals surface area contributed by atoms with Crippen LogP contribution < -0.4 is 10.1 Å². The fourth-order valence-electron chi connectivity index (χ4n) is 2.03. The van der Waals surface area contributed by atoms with Crippen LogP contribution in [0.3, 0.4) is 0 Å². The van der Waals surface area contributed by atoms with E-state index in [2.05, 4.69) is 26.2 Å². The van der Waals surface area contributed by atoms with Gasteiger partial charge in [0.2, 0.25) is 0 Å². The molecule has 3 rings (SSSR count). The number of phenols is 1. The second-order valence-electron chi connectivity index (χ2n) is 4.22. The third-order valence-corrected chi connectivity index (χ3v) is 3.65. The van der Waals surface area contributed by atoms with Crippen molar-refractivity contribution in [2.24, 2.45) is 0 Å². The Morgan fingerprint density at radius 1 is 1.42 bits per heavy atom. The highest BCUT2D eigenvalue weighted by Gasteiger charge is 2.25. The quantitative estimate of drug-likeness (QED) is 0.817. The lowest BCUT2D eigenvalue weighted by atomic mass is 10.1. The first kappa shape index (κ1) is 12.6. The highest BCUT2D eigenvalue weighted by Crippen LogP contribution is 2.37. The van der Waals surface area contributed by atoms with Crippen molar-refractivity contribution in [3.05, 3.63) is 45.7 Å². The van der Waals surface area contributed by atoms with Crippen molar-refractivity contribution in [2.45, 2.75) is 6.04 Å². The van der Waals surface area contributed by atoms with Gasteiger partial charge < -0.3 is 15.2 Å². The van der Waals surface area contributed by atoms with Gasteiger partial charge in [-0.3, -0.25) is 0 Å². The number of hydrogen-bond donors (Lipinski definition) is 2. The largest absolute Gasteiger partial charge is 0.508 e. The average molecular weight is 342 g/mol. The third-order valence-electron chi connectivity index (χ3n) is 2.91. The number of benzene rings is 1. The van der Waals surface area contributed by atoms with Gasteiger partial charge in [-0.05, 0) is 34.1 Å². The topological polar surface area (TPSA) is 54.4 Å². The van der Waals surface area contributed by atoms with Crippen LogP contribution in [0.4, 0.5) is 5.69 Å². The molecule has 6 heteroatoms. The maximum atomic E-state index is 9.42. The minimum atomic E-state index is -0.0100. The molecule has 2 aromatic rings. The van der Waals surface area contributed by atoms with E-state index in [1.54, 1.807) is 18.3 Å². The summed E-state index contributed by atoms with van der Waals surface area (Å²) in [7, 11) is 0. The van der Waals surface area contributed by atoms with E-state index in [1.165, 1.54) is 0 Å². The van der Waals surface area contributed by atoms with Crippen molar-refractivity contribution in [2.75, 3.05) is 11.9 Å². The van der Waals surface area contributed by atoms with E-state index < -0.39 is 0 Å². The molecular weight excluding hydrogens is 332 g/mol. The number of aromatic hydroxyl groups is 1. The summed E-state index contributed by atoms with van der Waals surface area (Å²) in [6.07, 6.45) is 1.64. The van der Waals surface area contributed by atoms with Crippen LogP contribution in [-0.2, 0) is 0 Å². The van der Waals surface area contributed by atoms with Gasteiger partial charge in [-0.25, -0.2) is 4.98 Å². The normalized spacial score (nSPS) is 16.8. The first-order valence-electron chi connectivity index (χ1n) is 5.67. The summed E-state index contributed by atoms with van der Waals surface area (Å²) >= 11 is 9.41. The Kier molecular flexibility index (Phi) is 3.24. The van der Waals surface area contributed by atoms with Crippen LogP contribution in [0.15, 0.2) is 34.9 Å². The number of nitrogens with one attached hydrogen (secondary N) is 1. The molecule has 1 aromatic heterocycles. The Balaban J connectivity index is 1.88. The number of halogens is 2. The van der Waals surface area contributed by atoms with E-state index in [0.29, 0.717) is 17.5 Å². The van der Waals surface area contributed by atoms with Crippen LogP contribution in [-0.4, -0.2) is 16.7 Å². The van der Waals surface area contributed by atoms with Crippen LogP contribution in [0.1, 0.15) is 11.6 Å². The van der Waals surface area contributed by atoms with E-state index in [0.717, 1.165) is 15.7 Å². The van der Waals surface area contributed by atoms with Crippen LogP contribution in [0, 0.1) is 0 Å². The zero-order chi connectivity index (χ0) is 13.4. The minimum Gasteiger partial charge on any atom is -0.508 e. The number of hydrogen-bond acceptors (Lipinski definition) is 4. The van der Waals surface area contributed by atoms with Crippen molar-refractivity contribution < 1.29 is 9.84 Å². The van der Waals surface area contributed by atoms with E-state index in [4.69, 9.17) is 16.3 Å². The molecular formula is C13H10BrClN2O2. The highest BCUT2D eigenvalue weighted by atomic mass is 79.9. The van der Waals surface area contributed by atoms with Gasteiger partial charge in [-0.1, -0.05) is 11.6 Å². The molecule has 1 aliphatic rings. The second kappa shape index (κ2) is 4.90. The van der Waals surface area contributed by atoms with Crippen LogP contribution >= 0.6 is 27.5 Å². The Morgan fingerprint density at radius 2 is 2.26 bits per heavy atom. The average Bonchev–Trinajstić information content (AvgIpc) is 2.76. The van der Waals surface area contributed by atoms with Gasteiger partial charge >= 0.3 is 0 Å². The van der Waals surface area contributed by atoms with Crippen molar-refractivity contribution in [1.82, 2.24) is 4.98 Å². The van der Waals surface area contributed by atoms with Gasteiger partial charge in [0.15, 0.2) is 5.15 Å². The molecule has 1 aromatic carbocycles. The molecule has 2 heterocycles. The first-order valence-corrected chi connectivity index (χ1v) is 6.84. The standard InChI is InChI=1S/C13H10BrClN2O2/c14-7-3-10(13(15)16-5-7)17-11-6-19-12-4-8(18)1-2-9(11)12/h1-5,11,17-18H,6H2. The number of ether oxygens (including phenoxy) is 1. The Morgan fingerprint density at radius 3 is 3.11 bits per heavy atom. The van der Waals surface area contributed by atoms with Crippen molar-refractivity contribution >= 4 is 33.2 Å². The molecule has 1 aliphatic heterocycles. The lowest BCUT2D eigenvalue weighted by Crippen LogP contribution is -2.12. The lowest BCUT2D eigenvalue weighted by molar-refractivity contribution is 0.338. The first-order chi connectivity index (χ1) is 9.13. The predicted octanol–water partition coefficient (Wildman–Crippen LogP) is 3.75. The maximum absolute atomic E-state index is 9.42. The van der Waals surface area contributed by atoms with Gasteiger partial charge in [0, 0.05) is 22.3 Å². The molecule has 19 heavy (non-hydrogen) atoms. The molecule has 0 radical (unpaired) electrons. The van der Waals surface area contributed by atoms with Crippen LogP contribution in [0.2, 0.25) is 5.15 Å². The lowest BCUT2D eigenvalue weighted by Gasteiger charge is -2.14. The van der Waals surface area contributed by atoms with Crippen molar-refractivity contribution in [3.8, 4) is 11.5 Å². The predicted molar refractivity (Wildman–Crippen MR) is 76.9 cm³/mol. The minimum absolute atomic E-state index is 0.0100. The van der Waals surface area contributed by atoms with Crippen molar-refractivity contribution in [1.29, 1.82) is 0 Å². The number of aromatic nitrogens is 1. The molecule has 0 saturated carbocycles. The third kappa shape index (κ3) is 2.48. The maximum Gasteiger partial charge on any atom is 0.152 e. The molecule has 0 spiro atoms. The van der Waals surface area contributed by atoms with Crippen molar-refractivity contribution in [3.63, 3.8) is 0 Å². The summed E-state index contributed by atoms with van der Waals surface area (Å²) < 4.78 is 6.39. The molecule has 1 atom stereocenters. The molecule has 0 amide bonds. The molecule has 2 N–H and O–H groups in total. The number of nitrogens with zero attached hydrogens (tertiary/aromatic N) is 1. The fraction of sp³-hybridized carbons (Fsp3) is 0.154. The number of fused-ring (bicyclic) bond motifs is 1. The molecule has 0 saturated heterocycles. The fourth-order valence-corrected chi connectivity index (χ4v) is 2.52. The Bertz CT molecular complexity index is 636. The molecule has 4 nitrogen and oxygen atoms in total. The molecule has 0 bridgehead atoms. The summed E-state index contributed by atoms with van der Waals surface area (Å²) in [6.45, 7) is 0.488. The van der Waals surface area contributed by atoms with E-state index in [1.807, 2.05) is 12.1 Å². The second-order valence-corrected chi connectivity index (χ2v) is 5.50. The van der Waals surface area contributed by atoms with Gasteiger partial charge in [0.05, 0.1) is 11.7 Å². The van der Waals surface area contributed by atoms with Gasteiger partial charge in [0.25, 0.3) is 0 Å². The molecule has 0 fully saturated rings. The smallest absolute Gasteiger partial charge is 0.152 e. The molecule has 98 valence electrons. The number of anilines is 1. The van der Waals surface area contributed by atoms with Gasteiger partial charge in [-0.2, -0.15) is 0 Å². The summed E-state index contributed by atoms with van der Waals surface area (Å²) in [6, 6.07) is 6.95. The zero-order valence-electron chi connectivity index (χ0n) is 9.73. The summed E-state index contributed by atoms with van der Waals surface area (Å²) in [5, 5.41) is 13.1. The van der Waals surface area contributed by atoms with E-state index >= 15 is 0 Å². The number of phenolic OH excluding ortho intramolecular Hbond substituents is 1. The van der Waals surface area contributed by atoms with E-state index in [-0.39, 0.29) is 11.8 Å². The molecule has 0 aliphatic carbocycles. The Hall–Kier alpha value is -1.46. The van der Waals surface area contributed by atoms with E-state index in [9.17, 15) is 5.11 Å². The van der Waals surface area contributed by atoms with Gasteiger partial charge in [0.1, 0.15) is 18.1 Å². The monoisotopic (exact) mass is 340 g/mol. The zero-order valence-corrected chi connectivity index (χ0v) is 12.1. The number of rotatable bonds is 2. The SMILES string of the molecule is Oc1ccc2c(c1)OCC2Nc1cc(Br)cnc1Cl. The highest BCUT2D eigenvalue weighted by molar-refractivity contribution is 9.10. The summed E-state index contributed by atoms with van der Waals surface area (Å²) in [5.74, 6) is 0.887. The number of pyridine rings is 1. The van der Waals surface area contributed by atoms with Gasteiger partial charge in [-0.15, -0.1) is 0 Å². The van der Waals surface area contributed by atoms with Crippen LogP contribution in [0.25, 0.3) is 0 Å². The Labute approximate surface area is 123 Å².